The second kappa shape index (κ2) is 7.50. The molecule has 5 heteroatoms. The van der Waals surface area contributed by atoms with Crippen molar-refractivity contribution in [1.29, 1.82) is 0 Å². The van der Waals surface area contributed by atoms with Crippen LogP contribution in [0.15, 0.2) is 29.2 Å². The molecule has 1 aromatic rings. The molecule has 0 bridgehead atoms. The maximum atomic E-state index is 12.8. The summed E-state index contributed by atoms with van der Waals surface area (Å²) in [5.74, 6) is -0.357. The molecule has 114 valence electrons. The third-order valence-electron chi connectivity index (χ3n) is 3.66. The Kier molecular flexibility index (Phi) is 5.67. The third kappa shape index (κ3) is 3.59. The number of likely N-dealkylation sites (tertiary alicyclic amines) is 1. The maximum absolute atomic E-state index is 12.8. The molecular weight excluding hydrogens is 286 g/mol. The van der Waals surface area contributed by atoms with E-state index in [0.717, 1.165) is 17.7 Å². The minimum atomic E-state index is -0.443. The second-order valence-electron chi connectivity index (χ2n) is 4.96. The van der Waals surface area contributed by atoms with Gasteiger partial charge in [-0.25, -0.2) is 4.79 Å². The molecule has 0 spiro atoms. The van der Waals surface area contributed by atoms with E-state index in [0.29, 0.717) is 25.1 Å². The molecule has 2 rings (SSSR count). The highest BCUT2D eigenvalue weighted by Gasteiger charge is 2.34. The molecule has 0 aromatic heterocycles. The molecule has 1 unspecified atom stereocenters. The van der Waals surface area contributed by atoms with Crippen LogP contribution in [0.4, 0.5) is 0 Å². The van der Waals surface area contributed by atoms with E-state index in [1.54, 1.807) is 23.6 Å². The van der Waals surface area contributed by atoms with Crippen molar-refractivity contribution in [3.05, 3.63) is 29.8 Å². The molecule has 0 saturated carbocycles. The Morgan fingerprint density at radius 3 is 2.81 bits per heavy atom. The number of piperidine rings is 1. The lowest BCUT2D eigenvalue weighted by Crippen LogP contribution is -2.48. The van der Waals surface area contributed by atoms with Gasteiger partial charge >= 0.3 is 5.97 Å². The van der Waals surface area contributed by atoms with E-state index in [1.165, 1.54) is 0 Å². The van der Waals surface area contributed by atoms with Crippen molar-refractivity contribution < 1.29 is 14.3 Å². The number of ether oxygens (including phenoxy) is 1. The topological polar surface area (TPSA) is 46.6 Å². The van der Waals surface area contributed by atoms with Crippen LogP contribution < -0.4 is 0 Å². The number of thioether (sulfide) groups is 1. The molecule has 0 radical (unpaired) electrons. The van der Waals surface area contributed by atoms with Gasteiger partial charge in [-0.3, -0.25) is 4.79 Å². The zero-order valence-corrected chi connectivity index (χ0v) is 13.3. The summed E-state index contributed by atoms with van der Waals surface area (Å²) in [7, 11) is 0. The summed E-state index contributed by atoms with van der Waals surface area (Å²) in [4.78, 5) is 27.5. The molecular formula is C16H21NO3S. The van der Waals surface area contributed by atoms with Crippen LogP contribution >= 0.6 is 11.8 Å². The molecule has 1 heterocycles. The van der Waals surface area contributed by atoms with Crippen LogP contribution in [0.5, 0.6) is 0 Å². The van der Waals surface area contributed by atoms with Crippen LogP contribution in [0.3, 0.4) is 0 Å². The van der Waals surface area contributed by atoms with Crippen molar-refractivity contribution in [2.75, 3.05) is 19.4 Å². The van der Waals surface area contributed by atoms with E-state index in [-0.39, 0.29) is 11.9 Å². The number of amides is 1. The number of esters is 1. The van der Waals surface area contributed by atoms with Gasteiger partial charge in [-0.2, -0.15) is 0 Å². The highest BCUT2D eigenvalue weighted by molar-refractivity contribution is 7.98. The van der Waals surface area contributed by atoms with Gasteiger partial charge in [-0.15, -0.1) is 11.8 Å². The lowest BCUT2D eigenvalue weighted by atomic mass is 10.0. The number of hydrogen-bond donors (Lipinski definition) is 0. The Balaban J connectivity index is 2.24. The molecule has 1 amide bonds. The van der Waals surface area contributed by atoms with Gasteiger partial charge in [-0.05, 0) is 44.6 Å². The van der Waals surface area contributed by atoms with Gasteiger partial charge in [0.1, 0.15) is 6.04 Å². The zero-order valence-electron chi connectivity index (χ0n) is 12.5. The molecule has 0 N–H and O–H groups in total. The summed E-state index contributed by atoms with van der Waals surface area (Å²) in [6, 6.07) is 7.09. The fourth-order valence-electron chi connectivity index (χ4n) is 2.63. The summed E-state index contributed by atoms with van der Waals surface area (Å²) in [6.45, 7) is 2.75. The van der Waals surface area contributed by atoms with Crippen LogP contribution in [0.2, 0.25) is 0 Å². The van der Waals surface area contributed by atoms with Gasteiger partial charge in [0.15, 0.2) is 0 Å². The van der Waals surface area contributed by atoms with Crippen LogP contribution in [0.1, 0.15) is 36.5 Å². The van der Waals surface area contributed by atoms with E-state index in [9.17, 15) is 9.59 Å². The van der Waals surface area contributed by atoms with Crippen molar-refractivity contribution >= 4 is 23.6 Å². The zero-order chi connectivity index (χ0) is 15.2. The number of nitrogens with zero attached hydrogens (tertiary/aromatic N) is 1. The summed E-state index contributed by atoms with van der Waals surface area (Å²) in [5, 5.41) is 0. The smallest absolute Gasteiger partial charge is 0.328 e. The van der Waals surface area contributed by atoms with E-state index in [2.05, 4.69) is 0 Å². The first-order chi connectivity index (χ1) is 10.2. The summed E-state index contributed by atoms with van der Waals surface area (Å²) in [6.07, 6.45) is 4.53. The van der Waals surface area contributed by atoms with Crippen LogP contribution in [0, 0.1) is 0 Å². The number of benzene rings is 1. The molecule has 21 heavy (non-hydrogen) atoms. The molecule has 4 nitrogen and oxygen atoms in total. The molecule has 1 fully saturated rings. The average Bonchev–Trinajstić information content (AvgIpc) is 2.54. The van der Waals surface area contributed by atoms with Crippen LogP contribution in [0.25, 0.3) is 0 Å². The van der Waals surface area contributed by atoms with Crippen molar-refractivity contribution in [2.45, 2.75) is 37.1 Å². The van der Waals surface area contributed by atoms with Crippen molar-refractivity contribution in [2.24, 2.45) is 0 Å². The highest BCUT2D eigenvalue weighted by atomic mass is 32.2. The van der Waals surface area contributed by atoms with E-state index < -0.39 is 6.04 Å². The number of carbonyl (C=O) groups excluding carboxylic acids is 2. The molecule has 1 aromatic carbocycles. The Morgan fingerprint density at radius 2 is 2.10 bits per heavy atom. The fourth-order valence-corrected chi connectivity index (χ4v) is 3.22. The molecule has 1 aliphatic rings. The quantitative estimate of drug-likeness (QED) is 0.634. The number of hydrogen-bond acceptors (Lipinski definition) is 4. The van der Waals surface area contributed by atoms with Crippen molar-refractivity contribution in [3.8, 4) is 0 Å². The predicted octanol–water partition coefficient (Wildman–Crippen LogP) is 2.97. The number of rotatable bonds is 4. The Hall–Kier alpha value is -1.49. The highest BCUT2D eigenvalue weighted by Crippen LogP contribution is 2.25. The SMILES string of the molecule is CCOC(=O)C1CCCCN1C(=O)c1ccccc1SC. The number of carbonyl (C=O) groups is 2. The molecule has 0 aliphatic carbocycles. The van der Waals surface area contributed by atoms with Crippen LogP contribution in [-0.4, -0.2) is 42.2 Å². The summed E-state index contributed by atoms with van der Waals surface area (Å²) < 4.78 is 5.12. The Labute approximate surface area is 129 Å². The first-order valence-electron chi connectivity index (χ1n) is 7.29. The predicted molar refractivity (Wildman–Crippen MR) is 83.5 cm³/mol. The monoisotopic (exact) mass is 307 g/mol. The Morgan fingerprint density at radius 1 is 1.33 bits per heavy atom. The van der Waals surface area contributed by atoms with E-state index in [1.807, 2.05) is 30.5 Å². The lowest BCUT2D eigenvalue weighted by Gasteiger charge is -2.34. The van der Waals surface area contributed by atoms with Crippen LogP contribution in [-0.2, 0) is 9.53 Å². The van der Waals surface area contributed by atoms with E-state index >= 15 is 0 Å². The first kappa shape index (κ1) is 15.9. The largest absolute Gasteiger partial charge is 0.464 e. The molecule has 1 atom stereocenters. The van der Waals surface area contributed by atoms with Gasteiger partial charge in [0.2, 0.25) is 0 Å². The van der Waals surface area contributed by atoms with E-state index in [4.69, 9.17) is 4.74 Å². The second-order valence-corrected chi connectivity index (χ2v) is 5.81. The maximum Gasteiger partial charge on any atom is 0.328 e. The first-order valence-corrected chi connectivity index (χ1v) is 8.52. The minimum Gasteiger partial charge on any atom is -0.464 e. The molecule has 1 saturated heterocycles. The third-order valence-corrected chi connectivity index (χ3v) is 4.46. The van der Waals surface area contributed by atoms with Gasteiger partial charge in [0.05, 0.1) is 12.2 Å². The van der Waals surface area contributed by atoms with Gasteiger partial charge < -0.3 is 9.64 Å². The van der Waals surface area contributed by atoms with Crippen molar-refractivity contribution in [1.82, 2.24) is 4.90 Å². The lowest BCUT2D eigenvalue weighted by molar-refractivity contribution is -0.149. The standard InChI is InChI=1S/C16H21NO3S/c1-3-20-16(19)13-9-6-7-11-17(13)15(18)12-8-4-5-10-14(12)21-2/h4-5,8,10,13H,3,6-7,9,11H2,1-2H3. The summed E-state index contributed by atoms with van der Waals surface area (Å²) in [5.41, 5.74) is 0.668. The van der Waals surface area contributed by atoms with Gasteiger partial charge in [0, 0.05) is 11.4 Å². The van der Waals surface area contributed by atoms with Gasteiger partial charge in [-0.1, -0.05) is 12.1 Å². The molecule has 1 aliphatic heterocycles. The van der Waals surface area contributed by atoms with Gasteiger partial charge in [0.25, 0.3) is 5.91 Å². The normalized spacial score (nSPS) is 18.4. The average molecular weight is 307 g/mol. The Bertz CT molecular complexity index is 518. The fraction of sp³-hybridized carbons (Fsp3) is 0.500. The van der Waals surface area contributed by atoms with Crippen molar-refractivity contribution in [3.63, 3.8) is 0 Å². The summed E-state index contributed by atoms with van der Waals surface area (Å²) >= 11 is 1.54. The minimum absolute atomic E-state index is 0.0716.